The molecule has 0 amide bonds. The largest absolute Gasteiger partial charge is 0.409 e. The molecule has 0 bridgehead atoms. The number of hydrogen-bond donors (Lipinski definition) is 2. The zero-order valence-corrected chi connectivity index (χ0v) is 8.60. The fraction of sp³-hybridized carbons (Fsp3) is 0.875. The SMILES string of the molecule is CC(C)SCCCC/C(N)=N/O. The van der Waals surface area contributed by atoms with Crippen molar-refractivity contribution in [1.82, 2.24) is 0 Å². The van der Waals surface area contributed by atoms with E-state index in [2.05, 4.69) is 19.0 Å². The van der Waals surface area contributed by atoms with Crippen LogP contribution in [0.15, 0.2) is 5.16 Å². The molecule has 0 fully saturated rings. The highest BCUT2D eigenvalue weighted by molar-refractivity contribution is 7.99. The van der Waals surface area contributed by atoms with Crippen LogP contribution in [0.4, 0.5) is 0 Å². The predicted molar refractivity (Wildman–Crippen MR) is 54.9 cm³/mol. The molecule has 0 spiro atoms. The first-order valence-corrected chi connectivity index (χ1v) is 5.29. The van der Waals surface area contributed by atoms with Gasteiger partial charge < -0.3 is 10.9 Å². The van der Waals surface area contributed by atoms with Gasteiger partial charge in [0.25, 0.3) is 0 Å². The van der Waals surface area contributed by atoms with Gasteiger partial charge in [0.1, 0.15) is 5.84 Å². The van der Waals surface area contributed by atoms with Gasteiger partial charge in [0, 0.05) is 6.42 Å². The van der Waals surface area contributed by atoms with Gasteiger partial charge in [-0.3, -0.25) is 0 Å². The maximum Gasteiger partial charge on any atom is 0.139 e. The van der Waals surface area contributed by atoms with Gasteiger partial charge >= 0.3 is 0 Å². The molecular formula is C8H18N2OS. The molecule has 0 aliphatic carbocycles. The van der Waals surface area contributed by atoms with Crippen LogP contribution < -0.4 is 5.73 Å². The summed E-state index contributed by atoms with van der Waals surface area (Å²) in [5.74, 6) is 1.50. The van der Waals surface area contributed by atoms with Gasteiger partial charge in [-0.2, -0.15) is 11.8 Å². The van der Waals surface area contributed by atoms with Gasteiger partial charge in [-0.25, -0.2) is 0 Å². The van der Waals surface area contributed by atoms with Crippen molar-refractivity contribution in [2.75, 3.05) is 5.75 Å². The van der Waals surface area contributed by atoms with E-state index in [1.165, 1.54) is 0 Å². The first kappa shape index (κ1) is 11.6. The molecule has 3 N–H and O–H groups in total. The molecule has 0 aromatic rings. The number of nitrogens with two attached hydrogens (primary N) is 1. The fourth-order valence-electron chi connectivity index (χ4n) is 0.777. The second-order valence-corrected chi connectivity index (χ2v) is 4.65. The highest BCUT2D eigenvalue weighted by atomic mass is 32.2. The third kappa shape index (κ3) is 7.72. The topological polar surface area (TPSA) is 58.6 Å². The highest BCUT2D eigenvalue weighted by Crippen LogP contribution is 2.11. The van der Waals surface area contributed by atoms with Crippen molar-refractivity contribution in [3.63, 3.8) is 0 Å². The molecule has 0 radical (unpaired) electrons. The highest BCUT2D eigenvalue weighted by Gasteiger charge is 1.96. The fourth-order valence-corrected chi connectivity index (χ4v) is 1.62. The van der Waals surface area contributed by atoms with Gasteiger partial charge in [-0.05, 0) is 23.8 Å². The van der Waals surface area contributed by atoms with Crippen molar-refractivity contribution in [1.29, 1.82) is 0 Å². The standard InChI is InChI=1S/C8H18N2OS/c1-7(2)12-6-4-3-5-8(9)10-11/h7,11H,3-6H2,1-2H3,(H2,9,10). The summed E-state index contributed by atoms with van der Waals surface area (Å²) in [6, 6.07) is 0. The Kier molecular flexibility index (Phi) is 7.05. The van der Waals surface area contributed by atoms with Crippen LogP contribution in [-0.2, 0) is 0 Å². The lowest BCUT2D eigenvalue weighted by atomic mass is 10.2. The summed E-state index contributed by atoms with van der Waals surface area (Å²) in [5.41, 5.74) is 5.31. The van der Waals surface area contributed by atoms with Gasteiger partial charge in [0.15, 0.2) is 0 Å². The molecule has 12 heavy (non-hydrogen) atoms. The van der Waals surface area contributed by atoms with E-state index in [-0.39, 0.29) is 0 Å². The van der Waals surface area contributed by atoms with Crippen molar-refractivity contribution < 1.29 is 5.21 Å². The summed E-state index contributed by atoms with van der Waals surface area (Å²) < 4.78 is 0. The Morgan fingerprint density at radius 1 is 1.50 bits per heavy atom. The van der Waals surface area contributed by atoms with E-state index in [0.29, 0.717) is 17.5 Å². The lowest BCUT2D eigenvalue weighted by Gasteiger charge is -2.03. The summed E-state index contributed by atoms with van der Waals surface area (Å²) in [6.07, 6.45) is 2.85. The molecule has 0 aromatic carbocycles. The van der Waals surface area contributed by atoms with E-state index in [4.69, 9.17) is 10.9 Å². The van der Waals surface area contributed by atoms with Crippen molar-refractivity contribution >= 4 is 17.6 Å². The van der Waals surface area contributed by atoms with Crippen molar-refractivity contribution in [2.24, 2.45) is 10.9 Å². The van der Waals surface area contributed by atoms with Crippen LogP contribution in [0.25, 0.3) is 0 Å². The van der Waals surface area contributed by atoms with E-state index in [1.807, 2.05) is 11.8 Å². The third-order valence-electron chi connectivity index (χ3n) is 1.41. The van der Waals surface area contributed by atoms with E-state index < -0.39 is 0 Å². The zero-order valence-electron chi connectivity index (χ0n) is 7.79. The van der Waals surface area contributed by atoms with Crippen LogP contribution in [0.5, 0.6) is 0 Å². The number of nitrogens with zero attached hydrogens (tertiary/aromatic N) is 1. The molecule has 0 saturated heterocycles. The summed E-state index contributed by atoms with van der Waals surface area (Å²) in [4.78, 5) is 0. The minimum absolute atomic E-state index is 0.338. The number of thioether (sulfide) groups is 1. The van der Waals surface area contributed by atoms with Crippen molar-refractivity contribution in [3.05, 3.63) is 0 Å². The van der Waals surface area contributed by atoms with Gasteiger partial charge in [-0.1, -0.05) is 19.0 Å². The average molecular weight is 190 g/mol. The smallest absolute Gasteiger partial charge is 0.139 e. The lowest BCUT2D eigenvalue weighted by Crippen LogP contribution is -2.10. The second-order valence-electron chi connectivity index (χ2n) is 2.97. The van der Waals surface area contributed by atoms with Gasteiger partial charge in [-0.15, -0.1) is 0 Å². The van der Waals surface area contributed by atoms with Crippen LogP contribution in [-0.4, -0.2) is 22.0 Å². The molecule has 72 valence electrons. The average Bonchev–Trinajstić information content (AvgIpc) is 2.03. The lowest BCUT2D eigenvalue weighted by molar-refractivity contribution is 0.316. The number of oxime groups is 1. The molecule has 3 nitrogen and oxygen atoms in total. The van der Waals surface area contributed by atoms with Crippen molar-refractivity contribution in [3.8, 4) is 0 Å². The predicted octanol–water partition coefficient (Wildman–Crippen LogP) is 2.04. The molecule has 0 aliphatic rings. The third-order valence-corrected chi connectivity index (χ3v) is 2.60. The molecule has 0 saturated carbocycles. The number of rotatable bonds is 6. The molecular weight excluding hydrogens is 172 g/mol. The van der Waals surface area contributed by atoms with Crippen LogP contribution in [0.1, 0.15) is 33.1 Å². The van der Waals surface area contributed by atoms with Gasteiger partial charge in [0.2, 0.25) is 0 Å². The number of unbranched alkanes of at least 4 members (excludes halogenated alkanes) is 1. The zero-order chi connectivity index (χ0) is 9.40. The quantitative estimate of drug-likeness (QED) is 0.221. The minimum Gasteiger partial charge on any atom is -0.409 e. The molecule has 4 heteroatoms. The van der Waals surface area contributed by atoms with Crippen molar-refractivity contribution in [2.45, 2.75) is 38.4 Å². The van der Waals surface area contributed by atoms with E-state index in [1.54, 1.807) is 0 Å². The monoisotopic (exact) mass is 190 g/mol. The Labute approximate surface area is 78.4 Å². The number of hydrogen-bond acceptors (Lipinski definition) is 3. The van der Waals surface area contributed by atoms with Crippen LogP contribution >= 0.6 is 11.8 Å². The Bertz CT molecular complexity index is 137. The van der Waals surface area contributed by atoms with Crippen LogP contribution in [0.2, 0.25) is 0 Å². The molecule has 0 heterocycles. The second kappa shape index (κ2) is 7.28. The Morgan fingerprint density at radius 2 is 2.17 bits per heavy atom. The Hall–Kier alpha value is -0.380. The maximum absolute atomic E-state index is 8.24. The molecule has 0 unspecified atom stereocenters. The summed E-state index contributed by atoms with van der Waals surface area (Å²) in [6.45, 7) is 4.38. The first-order valence-electron chi connectivity index (χ1n) is 4.24. The Balaban J connectivity index is 3.11. The molecule has 0 rings (SSSR count). The first-order chi connectivity index (χ1) is 5.66. The molecule has 0 atom stereocenters. The summed E-state index contributed by atoms with van der Waals surface area (Å²) >= 11 is 1.95. The van der Waals surface area contributed by atoms with Crippen LogP contribution in [0.3, 0.4) is 0 Å². The number of amidine groups is 1. The maximum atomic E-state index is 8.24. The summed E-state index contributed by atoms with van der Waals surface area (Å²) in [7, 11) is 0. The van der Waals surface area contributed by atoms with E-state index in [0.717, 1.165) is 18.6 Å². The summed E-state index contributed by atoms with van der Waals surface area (Å²) in [5, 5.41) is 11.8. The Morgan fingerprint density at radius 3 is 2.67 bits per heavy atom. The van der Waals surface area contributed by atoms with Gasteiger partial charge in [0.05, 0.1) is 0 Å². The van der Waals surface area contributed by atoms with Crippen LogP contribution in [0, 0.1) is 0 Å². The van der Waals surface area contributed by atoms with E-state index in [9.17, 15) is 0 Å². The normalized spacial score (nSPS) is 12.4. The van der Waals surface area contributed by atoms with E-state index >= 15 is 0 Å². The molecule has 0 aromatic heterocycles. The minimum atomic E-state index is 0.338. The molecule has 0 aliphatic heterocycles.